The summed E-state index contributed by atoms with van der Waals surface area (Å²) < 4.78 is 18.7. The molecular formula is C28H31ClFN3O3S. The van der Waals surface area contributed by atoms with Gasteiger partial charge in [0.2, 0.25) is 0 Å². The number of esters is 1. The second-order valence-electron chi connectivity index (χ2n) is 9.22. The van der Waals surface area contributed by atoms with Crippen molar-refractivity contribution < 1.29 is 18.7 Å². The van der Waals surface area contributed by atoms with Crippen LogP contribution in [0.25, 0.3) is 11.1 Å². The first-order valence-electron chi connectivity index (χ1n) is 12.5. The van der Waals surface area contributed by atoms with Crippen LogP contribution in [-0.4, -0.2) is 48.5 Å². The van der Waals surface area contributed by atoms with Gasteiger partial charge in [0.15, 0.2) is 0 Å². The van der Waals surface area contributed by atoms with Crippen LogP contribution in [0.15, 0.2) is 47.8 Å². The Bertz CT molecular complexity index is 1210. The van der Waals surface area contributed by atoms with Crippen molar-refractivity contribution in [2.75, 3.05) is 32.1 Å². The van der Waals surface area contributed by atoms with Gasteiger partial charge < -0.3 is 15.0 Å². The Labute approximate surface area is 225 Å². The highest BCUT2D eigenvalue weighted by Gasteiger charge is 2.24. The molecule has 1 amide bonds. The summed E-state index contributed by atoms with van der Waals surface area (Å²) in [6.45, 7) is 3.04. The molecule has 4 rings (SSSR count). The molecule has 37 heavy (non-hydrogen) atoms. The fourth-order valence-electron chi connectivity index (χ4n) is 4.55. The molecule has 1 saturated heterocycles. The van der Waals surface area contributed by atoms with Crippen LogP contribution in [0.1, 0.15) is 59.9 Å². The number of halogens is 2. The molecule has 1 aromatic heterocycles. The number of nitrogens with zero attached hydrogens (tertiary/aromatic N) is 2. The van der Waals surface area contributed by atoms with E-state index >= 15 is 0 Å². The third-order valence-corrected chi connectivity index (χ3v) is 7.92. The Morgan fingerprint density at radius 2 is 1.89 bits per heavy atom. The molecule has 0 spiro atoms. The zero-order chi connectivity index (χ0) is 26.2. The second kappa shape index (κ2) is 13.1. The molecule has 0 aliphatic carbocycles. The van der Waals surface area contributed by atoms with Gasteiger partial charge in [-0.15, -0.1) is 11.3 Å². The molecule has 3 aromatic rings. The molecule has 9 heteroatoms. The van der Waals surface area contributed by atoms with Crippen LogP contribution < -0.4 is 5.32 Å². The van der Waals surface area contributed by atoms with Gasteiger partial charge in [-0.05, 0) is 81.2 Å². The van der Waals surface area contributed by atoms with E-state index in [9.17, 15) is 14.0 Å². The molecule has 1 aliphatic rings. The SMILES string of the molecule is COC(=O)CCCCCN1CCC(c2nc(C(=O)Nc3ccc(F)cc3-c3ccc(Cl)cc3)cs2)CC1. The average molecular weight is 544 g/mol. The van der Waals surface area contributed by atoms with E-state index in [1.54, 1.807) is 35.7 Å². The van der Waals surface area contributed by atoms with Crippen LogP contribution >= 0.6 is 22.9 Å². The Kier molecular flexibility index (Phi) is 9.66. The van der Waals surface area contributed by atoms with E-state index in [0.717, 1.165) is 62.3 Å². The summed E-state index contributed by atoms with van der Waals surface area (Å²) in [5.41, 5.74) is 2.23. The molecule has 2 aromatic carbocycles. The molecule has 1 fully saturated rings. The Morgan fingerprint density at radius 3 is 2.62 bits per heavy atom. The van der Waals surface area contributed by atoms with Gasteiger partial charge >= 0.3 is 5.97 Å². The fourth-order valence-corrected chi connectivity index (χ4v) is 5.64. The largest absolute Gasteiger partial charge is 0.469 e. The molecule has 196 valence electrons. The smallest absolute Gasteiger partial charge is 0.305 e. The number of thiazole rings is 1. The monoisotopic (exact) mass is 543 g/mol. The van der Waals surface area contributed by atoms with E-state index in [0.29, 0.717) is 34.3 Å². The predicted molar refractivity (Wildman–Crippen MR) is 146 cm³/mol. The first-order valence-corrected chi connectivity index (χ1v) is 13.8. The maximum atomic E-state index is 14.0. The molecule has 2 heterocycles. The minimum atomic E-state index is -0.383. The number of amides is 1. The predicted octanol–water partition coefficient (Wildman–Crippen LogP) is 6.77. The van der Waals surface area contributed by atoms with Gasteiger partial charge in [-0.25, -0.2) is 9.37 Å². The molecule has 0 saturated carbocycles. The third kappa shape index (κ3) is 7.60. The maximum absolute atomic E-state index is 14.0. The van der Waals surface area contributed by atoms with Crippen LogP contribution in [-0.2, 0) is 9.53 Å². The van der Waals surface area contributed by atoms with Gasteiger partial charge in [0.05, 0.1) is 12.1 Å². The van der Waals surface area contributed by atoms with Crippen LogP contribution in [0, 0.1) is 5.82 Å². The number of hydrogen-bond acceptors (Lipinski definition) is 6. The van der Waals surface area contributed by atoms with Crippen molar-refractivity contribution in [3.63, 3.8) is 0 Å². The lowest BCUT2D eigenvalue weighted by Crippen LogP contribution is -2.33. The molecule has 0 bridgehead atoms. The van der Waals surface area contributed by atoms with E-state index in [-0.39, 0.29) is 17.7 Å². The molecular weight excluding hydrogens is 513 g/mol. The van der Waals surface area contributed by atoms with E-state index in [1.807, 2.05) is 0 Å². The first-order chi connectivity index (χ1) is 17.9. The van der Waals surface area contributed by atoms with Crippen molar-refractivity contribution in [2.45, 2.75) is 44.4 Å². The zero-order valence-electron chi connectivity index (χ0n) is 20.8. The quantitative estimate of drug-likeness (QED) is 0.226. The molecule has 0 unspecified atom stereocenters. The summed E-state index contributed by atoms with van der Waals surface area (Å²) in [6.07, 6.45) is 5.47. The van der Waals surface area contributed by atoms with Crippen LogP contribution in [0.2, 0.25) is 5.02 Å². The number of unbranched alkanes of at least 4 members (excludes halogenated alkanes) is 2. The summed E-state index contributed by atoms with van der Waals surface area (Å²) in [5, 5.41) is 6.27. The highest BCUT2D eigenvalue weighted by Crippen LogP contribution is 2.32. The number of rotatable bonds is 10. The van der Waals surface area contributed by atoms with Crippen molar-refractivity contribution in [3.8, 4) is 11.1 Å². The molecule has 6 nitrogen and oxygen atoms in total. The summed E-state index contributed by atoms with van der Waals surface area (Å²) in [4.78, 5) is 31.3. The van der Waals surface area contributed by atoms with E-state index in [2.05, 4.69) is 19.9 Å². The van der Waals surface area contributed by atoms with Crippen molar-refractivity contribution in [2.24, 2.45) is 0 Å². The third-order valence-electron chi connectivity index (χ3n) is 6.66. The van der Waals surface area contributed by atoms with Gasteiger partial charge in [0.25, 0.3) is 5.91 Å². The first kappa shape index (κ1) is 27.2. The van der Waals surface area contributed by atoms with Crippen LogP contribution in [0.5, 0.6) is 0 Å². The Hall–Kier alpha value is -2.81. The minimum absolute atomic E-state index is 0.142. The lowest BCUT2D eigenvalue weighted by molar-refractivity contribution is -0.140. The molecule has 1 N–H and O–H groups in total. The van der Waals surface area contributed by atoms with Gasteiger partial charge in [0, 0.05) is 34.0 Å². The van der Waals surface area contributed by atoms with Gasteiger partial charge in [-0.1, -0.05) is 30.2 Å². The van der Waals surface area contributed by atoms with Crippen molar-refractivity contribution in [1.82, 2.24) is 9.88 Å². The summed E-state index contributed by atoms with van der Waals surface area (Å²) in [5.74, 6) is -0.491. The average Bonchev–Trinajstić information content (AvgIpc) is 3.41. The zero-order valence-corrected chi connectivity index (χ0v) is 22.4. The lowest BCUT2D eigenvalue weighted by atomic mass is 9.97. The number of carbonyl (C=O) groups is 2. The van der Waals surface area contributed by atoms with Crippen molar-refractivity contribution in [3.05, 3.63) is 69.4 Å². The standard InChI is InChI=1S/C28H31ClFN3O3S/c1-36-26(34)5-3-2-4-14-33-15-12-20(13-16-33)28-32-25(18-37-28)27(35)31-24-11-10-22(30)17-23(24)19-6-8-21(29)9-7-19/h6-11,17-18,20H,2-5,12-16H2,1H3,(H,31,35). The highest BCUT2D eigenvalue weighted by atomic mass is 35.5. The number of carbonyl (C=O) groups excluding carboxylic acids is 2. The summed E-state index contributed by atoms with van der Waals surface area (Å²) >= 11 is 7.51. The Morgan fingerprint density at radius 1 is 1.14 bits per heavy atom. The van der Waals surface area contributed by atoms with Crippen molar-refractivity contribution in [1.29, 1.82) is 0 Å². The summed E-state index contributed by atoms with van der Waals surface area (Å²) in [7, 11) is 1.43. The fraction of sp³-hybridized carbons (Fsp3) is 0.393. The van der Waals surface area contributed by atoms with E-state index in [4.69, 9.17) is 11.6 Å². The minimum Gasteiger partial charge on any atom is -0.469 e. The highest BCUT2D eigenvalue weighted by molar-refractivity contribution is 7.10. The lowest BCUT2D eigenvalue weighted by Gasteiger charge is -2.31. The van der Waals surface area contributed by atoms with Crippen LogP contribution in [0.3, 0.4) is 0 Å². The number of aromatic nitrogens is 1. The topological polar surface area (TPSA) is 71.5 Å². The molecule has 0 radical (unpaired) electrons. The number of methoxy groups -OCH3 is 1. The van der Waals surface area contributed by atoms with E-state index < -0.39 is 0 Å². The number of nitrogens with one attached hydrogen (secondary N) is 1. The number of piperidine rings is 1. The number of benzene rings is 2. The van der Waals surface area contributed by atoms with Gasteiger partial charge in [0.1, 0.15) is 11.5 Å². The Balaban J connectivity index is 1.30. The van der Waals surface area contributed by atoms with Gasteiger partial charge in [-0.2, -0.15) is 0 Å². The van der Waals surface area contributed by atoms with E-state index in [1.165, 1.54) is 30.6 Å². The van der Waals surface area contributed by atoms with Gasteiger partial charge in [-0.3, -0.25) is 9.59 Å². The van der Waals surface area contributed by atoms with Crippen molar-refractivity contribution >= 4 is 40.5 Å². The number of likely N-dealkylation sites (tertiary alicyclic amines) is 1. The second-order valence-corrected chi connectivity index (χ2v) is 10.6. The summed E-state index contributed by atoms with van der Waals surface area (Å²) in [6, 6.07) is 11.3. The number of ether oxygens (including phenoxy) is 1. The number of hydrogen-bond donors (Lipinski definition) is 1. The maximum Gasteiger partial charge on any atom is 0.305 e. The molecule has 1 aliphatic heterocycles. The normalized spacial score (nSPS) is 14.5. The number of anilines is 1. The molecule has 0 atom stereocenters. The van der Waals surface area contributed by atoms with Crippen LogP contribution in [0.4, 0.5) is 10.1 Å².